The molecule has 0 radical (unpaired) electrons. The van der Waals surface area contributed by atoms with Crippen molar-refractivity contribution in [2.45, 2.75) is 20.8 Å². The zero-order chi connectivity index (χ0) is 16.2. The van der Waals surface area contributed by atoms with Crippen molar-refractivity contribution in [1.82, 2.24) is 0 Å². The van der Waals surface area contributed by atoms with E-state index in [0.29, 0.717) is 0 Å². The van der Waals surface area contributed by atoms with Gasteiger partial charge in [0.25, 0.3) is 0 Å². The van der Waals surface area contributed by atoms with Crippen LogP contribution in [0.25, 0.3) is 0 Å². The molecule has 0 fully saturated rings. The predicted octanol–water partition coefficient (Wildman–Crippen LogP) is 6.10. The molecule has 116 valence electrons. The lowest BCUT2D eigenvalue weighted by Crippen LogP contribution is -2.02. The van der Waals surface area contributed by atoms with Gasteiger partial charge in [-0.1, -0.05) is 36.4 Å². The summed E-state index contributed by atoms with van der Waals surface area (Å²) in [5.41, 5.74) is 8.33. The van der Waals surface area contributed by atoms with Gasteiger partial charge in [0.2, 0.25) is 0 Å². The number of anilines is 4. The summed E-state index contributed by atoms with van der Waals surface area (Å²) in [6, 6.07) is 22.8. The number of aryl methyl sites for hydroxylation is 1. The molecule has 3 rings (SSSR count). The number of rotatable bonds is 4. The Bertz CT molecular complexity index is 793. The molecule has 0 saturated carbocycles. The Balaban J connectivity index is 1.93. The molecule has 2 nitrogen and oxygen atoms in total. The molecule has 0 heterocycles. The van der Waals surface area contributed by atoms with Crippen LogP contribution in [0.4, 0.5) is 22.7 Å². The summed E-state index contributed by atoms with van der Waals surface area (Å²) >= 11 is 0. The van der Waals surface area contributed by atoms with Crippen LogP contribution in [0.5, 0.6) is 0 Å². The second-order valence-corrected chi connectivity index (χ2v) is 5.85. The molecular weight excluding hydrogens is 280 g/mol. The number of hydrogen-bond acceptors (Lipinski definition) is 2. The molecule has 0 aliphatic rings. The van der Waals surface area contributed by atoms with E-state index in [4.69, 9.17) is 0 Å². The SMILES string of the molecule is Cc1cc(Nc2ccccc2)c(C)c(C)c1Nc1ccccc1. The van der Waals surface area contributed by atoms with E-state index >= 15 is 0 Å². The molecule has 0 unspecified atom stereocenters. The van der Waals surface area contributed by atoms with Gasteiger partial charge in [0.15, 0.2) is 0 Å². The van der Waals surface area contributed by atoms with Crippen molar-refractivity contribution >= 4 is 22.7 Å². The van der Waals surface area contributed by atoms with Crippen LogP contribution in [0.3, 0.4) is 0 Å². The van der Waals surface area contributed by atoms with Crippen molar-refractivity contribution in [2.75, 3.05) is 10.6 Å². The third-order valence-electron chi connectivity index (χ3n) is 4.19. The van der Waals surface area contributed by atoms with Crippen LogP contribution in [-0.4, -0.2) is 0 Å². The average molecular weight is 302 g/mol. The van der Waals surface area contributed by atoms with E-state index in [2.05, 4.69) is 61.7 Å². The van der Waals surface area contributed by atoms with Gasteiger partial charge in [0.05, 0.1) is 0 Å². The fourth-order valence-corrected chi connectivity index (χ4v) is 2.75. The Kier molecular flexibility index (Phi) is 4.33. The van der Waals surface area contributed by atoms with Crippen molar-refractivity contribution in [3.63, 3.8) is 0 Å². The summed E-state index contributed by atoms with van der Waals surface area (Å²) in [6.45, 7) is 6.48. The maximum atomic E-state index is 3.54. The lowest BCUT2D eigenvalue weighted by molar-refractivity contribution is 1.28. The van der Waals surface area contributed by atoms with Crippen LogP contribution >= 0.6 is 0 Å². The Hall–Kier alpha value is -2.74. The van der Waals surface area contributed by atoms with E-state index in [-0.39, 0.29) is 0 Å². The number of benzene rings is 3. The summed E-state index contributed by atoms with van der Waals surface area (Å²) < 4.78 is 0. The summed E-state index contributed by atoms with van der Waals surface area (Å²) in [5, 5.41) is 7.06. The molecule has 3 aromatic rings. The van der Waals surface area contributed by atoms with Gasteiger partial charge in [-0.25, -0.2) is 0 Å². The molecule has 2 N–H and O–H groups in total. The number of para-hydroxylation sites is 2. The average Bonchev–Trinajstić information content (AvgIpc) is 2.58. The van der Waals surface area contributed by atoms with Gasteiger partial charge in [-0.2, -0.15) is 0 Å². The van der Waals surface area contributed by atoms with Gasteiger partial charge < -0.3 is 10.6 Å². The van der Waals surface area contributed by atoms with E-state index < -0.39 is 0 Å². The van der Waals surface area contributed by atoms with Crippen molar-refractivity contribution in [1.29, 1.82) is 0 Å². The second kappa shape index (κ2) is 6.57. The monoisotopic (exact) mass is 302 g/mol. The molecule has 0 atom stereocenters. The van der Waals surface area contributed by atoms with E-state index in [1.165, 1.54) is 22.4 Å². The summed E-state index contributed by atoms with van der Waals surface area (Å²) in [5.74, 6) is 0. The maximum Gasteiger partial charge on any atom is 0.0447 e. The van der Waals surface area contributed by atoms with Crippen molar-refractivity contribution in [3.8, 4) is 0 Å². The third kappa shape index (κ3) is 3.37. The van der Waals surface area contributed by atoms with E-state index in [9.17, 15) is 0 Å². The van der Waals surface area contributed by atoms with E-state index in [0.717, 1.165) is 17.1 Å². The molecule has 0 aliphatic carbocycles. The topological polar surface area (TPSA) is 24.1 Å². The van der Waals surface area contributed by atoms with Gasteiger partial charge >= 0.3 is 0 Å². The van der Waals surface area contributed by atoms with Gasteiger partial charge in [0.1, 0.15) is 0 Å². The van der Waals surface area contributed by atoms with Crippen LogP contribution in [0.1, 0.15) is 16.7 Å². The molecule has 23 heavy (non-hydrogen) atoms. The zero-order valence-electron chi connectivity index (χ0n) is 13.9. The first-order chi connectivity index (χ1) is 11.1. The lowest BCUT2D eigenvalue weighted by atomic mass is 10.0. The minimum absolute atomic E-state index is 1.11. The normalized spacial score (nSPS) is 10.4. The summed E-state index contributed by atoms with van der Waals surface area (Å²) in [6.07, 6.45) is 0. The molecule has 0 saturated heterocycles. The van der Waals surface area contributed by atoms with Gasteiger partial charge in [0, 0.05) is 22.7 Å². The Morgan fingerprint density at radius 1 is 0.609 bits per heavy atom. The largest absolute Gasteiger partial charge is 0.355 e. The molecule has 2 heteroatoms. The zero-order valence-corrected chi connectivity index (χ0v) is 13.9. The first kappa shape index (κ1) is 15.2. The molecule has 0 bridgehead atoms. The lowest BCUT2D eigenvalue weighted by Gasteiger charge is -2.19. The third-order valence-corrected chi connectivity index (χ3v) is 4.19. The fraction of sp³-hybridized carbons (Fsp3) is 0.143. The van der Waals surface area contributed by atoms with E-state index in [1.54, 1.807) is 0 Å². The highest BCUT2D eigenvalue weighted by molar-refractivity contribution is 5.75. The highest BCUT2D eigenvalue weighted by Gasteiger charge is 2.10. The molecule has 0 aliphatic heterocycles. The first-order valence-corrected chi connectivity index (χ1v) is 7.90. The number of hydrogen-bond donors (Lipinski definition) is 2. The Morgan fingerprint density at radius 2 is 1.13 bits per heavy atom. The van der Waals surface area contributed by atoms with Crippen molar-refractivity contribution in [2.24, 2.45) is 0 Å². The summed E-state index contributed by atoms with van der Waals surface area (Å²) in [4.78, 5) is 0. The van der Waals surface area contributed by atoms with Crippen molar-refractivity contribution in [3.05, 3.63) is 83.4 Å². The highest BCUT2D eigenvalue weighted by Crippen LogP contribution is 2.33. The molecule has 3 aromatic carbocycles. The molecule has 0 spiro atoms. The van der Waals surface area contributed by atoms with Crippen molar-refractivity contribution < 1.29 is 0 Å². The van der Waals surface area contributed by atoms with Crippen LogP contribution in [0.2, 0.25) is 0 Å². The van der Waals surface area contributed by atoms with E-state index in [1.807, 2.05) is 36.4 Å². The minimum atomic E-state index is 1.11. The minimum Gasteiger partial charge on any atom is -0.355 e. The van der Waals surface area contributed by atoms with Gasteiger partial charge in [-0.15, -0.1) is 0 Å². The molecule has 0 amide bonds. The Morgan fingerprint density at radius 3 is 1.70 bits per heavy atom. The van der Waals surface area contributed by atoms with Crippen LogP contribution in [0, 0.1) is 20.8 Å². The van der Waals surface area contributed by atoms with Gasteiger partial charge in [-0.05, 0) is 67.8 Å². The van der Waals surface area contributed by atoms with Crippen LogP contribution in [-0.2, 0) is 0 Å². The summed E-state index contributed by atoms with van der Waals surface area (Å²) in [7, 11) is 0. The maximum absolute atomic E-state index is 3.54. The fourth-order valence-electron chi connectivity index (χ4n) is 2.75. The predicted molar refractivity (Wildman–Crippen MR) is 100 cm³/mol. The smallest absolute Gasteiger partial charge is 0.0447 e. The highest BCUT2D eigenvalue weighted by atomic mass is 14.9. The standard InChI is InChI=1S/C21H22N2/c1-15-14-20(22-18-10-6-4-7-11-18)16(2)17(3)21(15)23-19-12-8-5-9-13-19/h4-14,22-23H,1-3H3. The number of nitrogens with one attached hydrogen (secondary N) is 2. The second-order valence-electron chi connectivity index (χ2n) is 5.85. The Labute approximate surface area is 138 Å². The quantitative estimate of drug-likeness (QED) is 0.608. The molecule has 0 aromatic heterocycles. The molecular formula is C21H22N2. The first-order valence-electron chi connectivity index (χ1n) is 7.90. The van der Waals surface area contributed by atoms with Crippen LogP contribution < -0.4 is 10.6 Å². The van der Waals surface area contributed by atoms with Gasteiger partial charge in [-0.3, -0.25) is 0 Å². The van der Waals surface area contributed by atoms with Crippen LogP contribution in [0.15, 0.2) is 66.7 Å².